The Morgan fingerprint density at radius 2 is 1.64 bits per heavy atom. The van der Waals surface area contributed by atoms with Gasteiger partial charge < -0.3 is 14.2 Å². The molecule has 0 aliphatic carbocycles. The van der Waals surface area contributed by atoms with E-state index < -0.39 is 0 Å². The molecular weight excluding hydrogens is 442 g/mol. The zero-order chi connectivity index (χ0) is 20.1. The Balaban J connectivity index is 2.11. The minimum absolute atomic E-state index is 0.607. The van der Waals surface area contributed by atoms with Crippen LogP contribution in [0.5, 0.6) is 17.2 Å². The molecule has 0 amide bonds. The smallest absolute Gasteiger partial charge is 0.205 e. The molecule has 0 aliphatic rings. The first-order chi connectivity index (χ1) is 13.6. The molecule has 0 atom stereocenters. The number of ether oxygens (including phenoxy) is 3. The van der Waals surface area contributed by atoms with Gasteiger partial charge in [0.05, 0.1) is 38.8 Å². The lowest BCUT2D eigenvalue weighted by molar-refractivity contribution is 0.374. The van der Waals surface area contributed by atoms with Gasteiger partial charge in [-0.3, -0.25) is 4.99 Å². The molecule has 28 heavy (non-hydrogen) atoms. The van der Waals surface area contributed by atoms with Crippen molar-refractivity contribution in [2.45, 2.75) is 0 Å². The van der Waals surface area contributed by atoms with Gasteiger partial charge in [-0.05, 0) is 12.1 Å². The van der Waals surface area contributed by atoms with Gasteiger partial charge in [0.25, 0.3) is 0 Å². The summed E-state index contributed by atoms with van der Waals surface area (Å²) < 4.78 is 19.1. The molecule has 0 radical (unpaired) electrons. The highest BCUT2D eigenvalue weighted by Gasteiger charge is 2.13. The Hall–Kier alpha value is -2.58. The lowest BCUT2D eigenvalue weighted by Crippen LogP contribution is -2.11. The number of hydrogen-bond acceptors (Lipinski definition) is 6. The summed E-state index contributed by atoms with van der Waals surface area (Å²) in [5.74, 6) is 1.86. The largest absolute Gasteiger partial charge is 0.496 e. The standard InChI is InChI=1S/C20H20BrN3O3S/c1-22-20-24(17(12-28-20)13-5-7-14(21)8-6-13)23-11-16-18(26-3)9-15(25-2)10-19(16)27-4/h5-12H,1-4H3. The van der Waals surface area contributed by atoms with Gasteiger partial charge in [-0.2, -0.15) is 5.10 Å². The monoisotopic (exact) mass is 461 g/mol. The Bertz CT molecular complexity index is 1030. The number of rotatable bonds is 6. The third kappa shape index (κ3) is 4.13. The first-order valence-electron chi connectivity index (χ1n) is 8.35. The maximum atomic E-state index is 5.50. The first-order valence-corrected chi connectivity index (χ1v) is 10.0. The second-order valence-corrected chi connectivity index (χ2v) is 7.39. The van der Waals surface area contributed by atoms with Gasteiger partial charge in [0.15, 0.2) is 0 Å². The minimum atomic E-state index is 0.607. The summed E-state index contributed by atoms with van der Waals surface area (Å²) in [4.78, 5) is 5.11. The molecule has 0 N–H and O–H groups in total. The Labute approximate surface area is 175 Å². The quantitative estimate of drug-likeness (QED) is 0.510. The van der Waals surface area contributed by atoms with Crippen LogP contribution in [0, 0.1) is 0 Å². The van der Waals surface area contributed by atoms with Crippen molar-refractivity contribution in [1.82, 2.24) is 4.68 Å². The molecule has 3 aromatic rings. The van der Waals surface area contributed by atoms with Crippen molar-refractivity contribution in [2.75, 3.05) is 28.4 Å². The van der Waals surface area contributed by atoms with Crippen LogP contribution in [0.3, 0.4) is 0 Å². The number of methoxy groups -OCH3 is 3. The Morgan fingerprint density at radius 1 is 1.00 bits per heavy atom. The zero-order valence-electron chi connectivity index (χ0n) is 16.0. The van der Waals surface area contributed by atoms with Crippen LogP contribution in [0.15, 0.2) is 56.3 Å². The molecule has 0 saturated carbocycles. The molecule has 146 valence electrons. The van der Waals surface area contributed by atoms with Crippen LogP contribution in [0.2, 0.25) is 0 Å². The average Bonchev–Trinajstić information content (AvgIpc) is 3.14. The van der Waals surface area contributed by atoms with Gasteiger partial charge in [0.2, 0.25) is 4.80 Å². The molecule has 3 rings (SSSR count). The summed E-state index contributed by atoms with van der Waals surface area (Å²) in [5, 5.41) is 6.71. The number of benzene rings is 2. The van der Waals surface area contributed by atoms with Crippen molar-refractivity contribution in [2.24, 2.45) is 10.1 Å². The van der Waals surface area contributed by atoms with E-state index in [1.807, 2.05) is 29.6 Å². The maximum absolute atomic E-state index is 5.50. The third-order valence-corrected chi connectivity index (χ3v) is 5.51. The van der Waals surface area contributed by atoms with Gasteiger partial charge in [0.1, 0.15) is 17.2 Å². The molecule has 0 bridgehead atoms. The van der Waals surface area contributed by atoms with Crippen molar-refractivity contribution in [3.63, 3.8) is 0 Å². The van der Waals surface area contributed by atoms with E-state index >= 15 is 0 Å². The summed E-state index contributed by atoms with van der Waals surface area (Å²) in [7, 11) is 6.55. The minimum Gasteiger partial charge on any atom is -0.496 e. The van der Waals surface area contributed by atoms with Crippen LogP contribution in [-0.4, -0.2) is 39.3 Å². The molecule has 0 fully saturated rings. The van der Waals surface area contributed by atoms with E-state index in [1.165, 1.54) is 11.3 Å². The lowest BCUT2D eigenvalue weighted by atomic mass is 10.1. The molecular formula is C20H20BrN3O3S. The lowest BCUT2D eigenvalue weighted by Gasteiger charge is -2.12. The van der Waals surface area contributed by atoms with Crippen molar-refractivity contribution in [1.29, 1.82) is 0 Å². The average molecular weight is 462 g/mol. The van der Waals surface area contributed by atoms with Crippen LogP contribution in [0.1, 0.15) is 5.56 Å². The second-order valence-electron chi connectivity index (χ2n) is 5.64. The third-order valence-electron chi connectivity index (χ3n) is 4.07. The maximum Gasteiger partial charge on any atom is 0.205 e. The molecule has 1 aromatic heterocycles. The Morgan fingerprint density at radius 3 is 2.18 bits per heavy atom. The van der Waals surface area contributed by atoms with E-state index in [-0.39, 0.29) is 0 Å². The van der Waals surface area contributed by atoms with Gasteiger partial charge in [-0.1, -0.05) is 28.1 Å². The number of nitrogens with zero attached hydrogens (tertiary/aromatic N) is 3. The number of hydrogen-bond donors (Lipinski definition) is 0. The fraction of sp³-hybridized carbons (Fsp3) is 0.200. The van der Waals surface area contributed by atoms with E-state index in [1.54, 1.807) is 51.4 Å². The molecule has 0 unspecified atom stereocenters. The number of halogens is 1. The fourth-order valence-electron chi connectivity index (χ4n) is 2.66. The molecule has 0 saturated heterocycles. The van der Waals surface area contributed by atoms with Crippen molar-refractivity contribution in [3.05, 3.63) is 56.6 Å². The summed E-state index contributed by atoms with van der Waals surface area (Å²) in [6.07, 6.45) is 1.71. The zero-order valence-corrected chi connectivity index (χ0v) is 18.4. The molecule has 8 heteroatoms. The molecule has 0 spiro atoms. The van der Waals surface area contributed by atoms with E-state index in [9.17, 15) is 0 Å². The van der Waals surface area contributed by atoms with Gasteiger partial charge in [-0.15, -0.1) is 11.3 Å². The topological polar surface area (TPSA) is 57.3 Å². The summed E-state index contributed by atoms with van der Waals surface area (Å²) in [5.41, 5.74) is 2.70. The highest BCUT2D eigenvalue weighted by Crippen LogP contribution is 2.33. The fourth-order valence-corrected chi connectivity index (χ4v) is 3.72. The molecule has 6 nitrogen and oxygen atoms in total. The van der Waals surface area contributed by atoms with Crippen LogP contribution in [0.25, 0.3) is 11.3 Å². The molecule has 0 aliphatic heterocycles. The van der Waals surface area contributed by atoms with Crippen LogP contribution in [-0.2, 0) is 0 Å². The van der Waals surface area contributed by atoms with Gasteiger partial charge >= 0.3 is 0 Å². The van der Waals surface area contributed by atoms with E-state index in [4.69, 9.17) is 14.2 Å². The van der Waals surface area contributed by atoms with Crippen LogP contribution >= 0.6 is 27.3 Å². The van der Waals surface area contributed by atoms with Crippen LogP contribution in [0.4, 0.5) is 0 Å². The Kier molecular flexibility index (Phi) is 6.53. The summed E-state index contributed by atoms with van der Waals surface area (Å²) in [6.45, 7) is 0. The molecule has 1 heterocycles. The van der Waals surface area contributed by atoms with Crippen LogP contribution < -0.4 is 19.0 Å². The van der Waals surface area contributed by atoms with E-state index in [0.717, 1.165) is 20.5 Å². The normalized spacial score (nSPS) is 11.8. The van der Waals surface area contributed by atoms with Crippen molar-refractivity contribution >= 4 is 33.5 Å². The van der Waals surface area contributed by atoms with Crippen molar-refractivity contribution < 1.29 is 14.2 Å². The van der Waals surface area contributed by atoms with Crippen molar-refractivity contribution in [3.8, 4) is 28.5 Å². The highest BCUT2D eigenvalue weighted by atomic mass is 79.9. The SMILES string of the molecule is CN=c1scc(-c2ccc(Br)cc2)n1N=Cc1c(OC)cc(OC)cc1OC. The number of aromatic nitrogens is 1. The predicted octanol–water partition coefficient (Wildman–Crippen LogP) is 4.42. The van der Waals surface area contributed by atoms with E-state index in [2.05, 4.69) is 26.0 Å². The first kappa shape index (κ1) is 20.2. The summed E-state index contributed by atoms with van der Waals surface area (Å²) >= 11 is 4.99. The predicted molar refractivity (Wildman–Crippen MR) is 116 cm³/mol. The summed E-state index contributed by atoms with van der Waals surface area (Å²) in [6, 6.07) is 11.7. The molecule has 2 aromatic carbocycles. The number of thiazole rings is 1. The van der Waals surface area contributed by atoms with E-state index in [0.29, 0.717) is 22.8 Å². The highest BCUT2D eigenvalue weighted by molar-refractivity contribution is 9.10. The van der Waals surface area contributed by atoms with Gasteiger partial charge in [0, 0.05) is 34.6 Å². The van der Waals surface area contributed by atoms with Gasteiger partial charge in [-0.25, -0.2) is 4.68 Å². The second kappa shape index (κ2) is 9.07.